The standard InChI is InChI=1S/C20H16Cl2N2O3/c1-11-9-15(14-5-3-4-6-17(14)23-11)20(26)27-12(2)19(25)24-18-8-7-13(21)10-16(18)22/h3-10,12H,1-2H3,(H,24,25). The summed E-state index contributed by atoms with van der Waals surface area (Å²) in [5.74, 6) is -1.09. The van der Waals surface area contributed by atoms with Crippen molar-refractivity contribution >= 4 is 51.7 Å². The normalized spacial score (nSPS) is 11.9. The van der Waals surface area contributed by atoms with Gasteiger partial charge in [-0.05, 0) is 44.2 Å². The number of nitrogens with one attached hydrogen (secondary N) is 1. The first kappa shape index (κ1) is 19.1. The fourth-order valence-corrected chi connectivity index (χ4v) is 3.04. The number of pyridine rings is 1. The van der Waals surface area contributed by atoms with E-state index in [1.165, 1.54) is 13.0 Å². The number of halogens is 2. The molecular formula is C20H16Cl2N2O3. The monoisotopic (exact) mass is 402 g/mol. The Morgan fingerprint density at radius 3 is 2.59 bits per heavy atom. The van der Waals surface area contributed by atoms with Gasteiger partial charge in [-0.1, -0.05) is 41.4 Å². The molecule has 1 heterocycles. The number of anilines is 1. The maximum Gasteiger partial charge on any atom is 0.339 e. The van der Waals surface area contributed by atoms with Gasteiger partial charge in [-0.15, -0.1) is 0 Å². The van der Waals surface area contributed by atoms with Crippen LogP contribution in [0.1, 0.15) is 23.0 Å². The summed E-state index contributed by atoms with van der Waals surface area (Å²) in [6.45, 7) is 3.29. The molecule has 0 saturated carbocycles. The Balaban J connectivity index is 1.77. The second kappa shape index (κ2) is 7.94. The van der Waals surface area contributed by atoms with Crippen molar-refractivity contribution in [3.8, 4) is 0 Å². The van der Waals surface area contributed by atoms with Gasteiger partial charge >= 0.3 is 5.97 Å². The number of aryl methyl sites for hydroxylation is 1. The summed E-state index contributed by atoms with van der Waals surface area (Å²) in [5, 5.41) is 4.04. The maximum atomic E-state index is 12.6. The predicted octanol–water partition coefficient (Wildman–Crippen LogP) is 5.03. The van der Waals surface area contributed by atoms with E-state index in [2.05, 4.69) is 10.3 Å². The molecule has 0 spiro atoms. The first-order chi connectivity index (χ1) is 12.8. The van der Waals surface area contributed by atoms with Crippen molar-refractivity contribution in [2.45, 2.75) is 20.0 Å². The number of carbonyl (C=O) groups excluding carboxylic acids is 2. The molecule has 0 radical (unpaired) electrons. The second-order valence-electron chi connectivity index (χ2n) is 5.99. The van der Waals surface area contributed by atoms with E-state index >= 15 is 0 Å². The highest BCUT2D eigenvalue weighted by Crippen LogP contribution is 2.26. The van der Waals surface area contributed by atoms with Crippen LogP contribution >= 0.6 is 23.2 Å². The summed E-state index contributed by atoms with van der Waals surface area (Å²) in [6.07, 6.45) is -1.02. The molecule has 1 atom stereocenters. The fraction of sp³-hybridized carbons (Fsp3) is 0.150. The van der Waals surface area contributed by atoms with Crippen molar-refractivity contribution in [3.63, 3.8) is 0 Å². The van der Waals surface area contributed by atoms with Gasteiger partial charge in [0.1, 0.15) is 0 Å². The van der Waals surface area contributed by atoms with Gasteiger partial charge in [-0.25, -0.2) is 4.79 Å². The molecule has 0 bridgehead atoms. The summed E-state index contributed by atoms with van der Waals surface area (Å²) in [4.78, 5) is 29.4. The molecule has 0 aliphatic rings. The molecule has 5 nitrogen and oxygen atoms in total. The quantitative estimate of drug-likeness (QED) is 0.621. The molecule has 3 rings (SSSR count). The second-order valence-corrected chi connectivity index (χ2v) is 6.83. The maximum absolute atomic E-state index is 12.6. The van der Waals surface area contributed by atoms with E-state index in [1.807, 2.05) is 18.2 Å². The minimum atomic E-state index is -1.02. The molecular weight excluding hydrogens is 387 g/mol. The Morgan fingerprint density at radius 2 is 1.85 bits per heavy atom. The summed E-state index contributed by atoms with van der Waals surface area (Å²) in [6, 6.07) is 13.6. The molecule has 1 amide bonds. The highest BCUT2D eigenvalue weighted by Gasteiger charge is 2.21. The Hall–Kier alpha value is -2.63. The highest BCUT2D eigenvalue weighted by molar-refractivity contribution is 6.36. The number of benzene rings is 2. The molecule has 1 unspecified atom stereocenters. The number of amides is 1. The molecule has 0 saturated heterocycles. The van der Waals surface area contributed by atoms with Gasteiger partial charge in [0.05, 0.1) is 21.8 Å². The Bertz CT molecular complexity index is 1040. The topological polar surface area (TPSA) is 68.3 Å². The number of rotatable bonds is 4. The van der Waals surface area contributed by atoms with E-state index in [1.54, 1.807) is 31.2 Å². The van der Waals surface area contributed by atoms with Crippen LogP contribution in [0.15, 0.2) is 48.5 Å². The van der Waals surface area contributed by atoms with Gasteiger partial charge in [0, 0.05) is 16.1 Å². The van der Waals surface area contributed by atoms with Gasteiger partial charge in [-0.2, -0.15) is 0 Å². The lowest BCUT2D eigenvalue weighted by Gasteiger charge is -2.15. The van der Waals surface area contributed by atoms with E-state index in [0.29, 0.717) is 37.9 Å². The van der Waals surface area contributed by atoms with Crippen molar-refractivity contribution in [3.05, 3.63) is 69.8 Å². The molecule has 7 heteroatoms. The van der Waals surface area contributed by atoms with Gasteiger partial charge in [0.15, 0.2) is 6.10 Å². The number of hydrogen-bond donors (Lipinski definition) is 1. The number of hydrogen-bond acceptors (Lipinski definition) is 4. The zero-order chi connectivity index (χ0) is 19.6. The molecule has 1 N–H and O–H groups in total. The Morgan fingerprint density at radius 1 is 1.11 bits per heavy atom. The minimum absolute atomic E-state index is 0.296. The van der Waals surface area contributed by atoms with Crippen LogP contribution in [-0.4, -0.2) is 23.0 Å². The lowest BCUT2D eigenvalue weighted by atomic mass is 10.1. The van der Waals surface area contributed by atoms with Crippen LogP contribution < -0.4 is 5.32 Å². The summed E-state index contributed by atoms with van der Waals surface area (Å²) in [5.41, 5.74) is 2.13. The number of para-hydroxylation sites is 1. The average molecular weight is 403 g/mol. The minimum Gasteiger partial charge on any atom is -0.449 e. The lowest BCUT2D eigenvalue weighted by molar-refractivity contribution is -0.123. The first-order valence-electron chi connectivity index (χ1n) is 8.18. The van der Waals surface area contributed by atoms with E-state index in [-0.39, 0.29) is 0 Å². The van der Waals surface area contributed by atoms with Gasteiger partial charge < -0.3 is 10.1 Å². The molecule has 0 aliphatic carbocycles. The van der Waals surface area contributed by atoms with Crippen LogP contribution in [0.4, 0.5) is 5.69 Å². The molecule has 27 heavy (non-hydrogen) atoms. The fourth-order valence-electron chi connectivity index (χ4n) is 2.58. The molecule has 2 aromatic carbocycles. The number of nitrogens with zero attached hydrogens (tertiary/aromatic N) is 1. The van der Waals surface area contributed by atoms with Crippen molar-refractivity contribution < 1.29 is 14.3 Å². The Labute approximate surface area is 166 Å². The number of aromatic nitrogens is 1. The molecule has 0 aliphatic heterocycles. The van der Waals surface area contributed by atoms with Gasteiger partial charge in [-0.3, -0.25) is 9.78 Å². The van der Waals surface area contributed by atoms with Crippen LogP contribution in [-0.2, 0) is 9.53 Å². The van der Waals surface area contributed by atoms with E-state index in [9.17, 15) is 9.59 Å². The van der Waals surface area contributed by atoms with E-state index in [0.717, 1.165) is 0 Å². The highest BCUT2D eigenvalue weighted by atomic mass is 35.5. The van der Waals surface area contributed by atoms with Crippen LogP contribution in [0.5, 0.6) is 0 Å². The molecule has 3 aromatic rings. The number of esters is 1. The van der Waals surface area contributed by atoms with E-state index in [4.69, 9.17) is 27.9 Å². The number of carbonyl (C=O) groups is 2. The third kappa shape index (κ3) is 4.38. The van der Waals surface area contributed by atoms with Crippen molar-refractivity contribution in [1.82, 2.24) is 4.98 Å². The number of fused-ring (bicyclic) bond motifs is 1. The Kier molecular flexibility index (Phi) is 5.63. The van der Waals surface area contributed by atoms with Crippen LogP contribution in [0.25, 0.3) is 10.9 Å². The zero-order valence-electron chi connectivity index (χ0n) is 14.6. The molecule has 0 fully saturated rings. The molecule has 1 aromatic heterocycles. The lowest BCUT2D eigenvalue weighted by Crippen LogP contribution is -2.30. The summed E-state index contributed by atoms with van der Waals surface area (Å²) >= 11 is 11.9. The van der Waals surface area contributed by atoms with Crippen LogP contribution in [0.3, 0.4) is 0 Å². The predicted molar refractivity (Wildman–Crippen MR) is 106 cm³/mol. The van der Waals surface area contributed by atoms with Crippen molar-refractivity contribution in [2.75, 3.05) is 5.32 Å². The van der Waals surface area contributed by atoms with Crippen molar-refractivity contribution in [2.24, 2.45) is 0 Å². The van der Waals surface area contributed by atoms with E-state index < -0.39 is 18.0 Å². The average Bonchev–Trinajstić information content (AvgIpc) is 2.63. The largest absolute Gasteiger partial charge is 0.449 e. The zero-order valence-corrected chi connectivity index (χ0v) is 16.1. The summed E-state index contributed by atoms with van der Waals surface area (Å²) in [7, 11) is 0. The van der Waals surface area contributed by atoms with Crippen LogP contribution in [0.2, 0.25) is 10.0 Å². The first-order valence-corrected chi connectivity index (χ1v) is 8.94. The number of ether oxygens (including phenoxy) is 1. The third-order valence-corrected chi connectivity index (χ3v) is 4.45. The molecule has 138 valence electrons. The smallest absolute Gasteiger partial charge is 0.339 e. The SMILES string of the molecule is Cc1cc(C(=O)OC(C)C(=O)Nc2ccc(Cl)cc2Cl)c2ccccc2n1. The van der Waals surface area contributed by atoms with Crippen molar-refractivity contribution in [1.29, 1.82) is 0 Å². The van der Waals surface area contributed by atoms with Gasteiger partial charge in [0.25, 0.3) is 5.91 Å². The van der Waals surface area contributed by atoms with Crippen LogP contribution in [0, 0.1) is 6.92 Å². The summed E-state index contributed by atoms with van der Waals surface area (Å²) < 4.78 is 5.35. The third-order valence-electron chi connectivity index (χ3n) is 3.91. The van der Waals surface area contributed by atoms with Gasteiger partial charge in [0.2, 0.25) is 0 Å².